The quantitative estimate of drug-likeness (QED) is 0.361. The van der Waals surface area contributed by atoms with Crippen LogP contribution in [0.15, 0.2) is 65.9 Å². The standard InChI is InChI=1S/C22H21N3O3.C6H12/c1-15-4-6-17(7-5-15)18-8-9-23-21(12-18)22(26)25-24-14-16-10-19(27-2)13-20(11-16)28-3;1-6-4-2-3-5-6/h4-14H,1-3H3,(H,25,26);6H,2-5H2,1H3/b24-14+;. The third-order valence-corrected chi connectivity index (χ3v) is 5.77. The van der Waals surface area contributed by atoms with Crippen LogP contribution < -0.4 is 14.9 Å². The number of carbonyl (C=O) groups excluding carboxylic acids is 1. The van der Waals surface area contributed by atoms with Gasteiger partial charge in [-0.3, -0.25) is 9.78 Å². The molecule has 1 N–H and O–H groups in total. The van der Waals surface area contributed by atoms with E-state index in [0.29, 0.717) is 17.2 Å². The number of hydrazone groups is 1. The van der Waals surface area contributed by atoms with E-state index >= 15 is 0 Å². The first-order valence-corrected chi connectivity index (χ1v) is 11.6. The molecule has 1 aromatic heterocycles. The summed E-state index contributed by atoms with van der Waals surface area (Å²) < 4.78 is 10.4. The molecule has 0 spiro atoms. The Hall–Kier alpha value is -3.67. The van der Waals surface area contributed by atoms with Crippen LogP contribution in [0.5, 0.6) is 11.5 Å². The molecule has 1 aliphatic carbocycles. The molecule has 2 aromatic carbocycles. The highest BCUT2D eigenvalue weighted by Crippen LogP contribution is 2.23. The lowest BCUT2D eigenvalue weighted by Crippen LogP contribution is -2.19. The minimum atomic E-state index is -0.389. The maximum Gasteiger partial charge on any atom is 0.289 e. The monoisotopic (exact) mass is 459 g/mol. The van der Waals surface area contributed by atoms with E-state index in [1.807, 2.05) is 37.3 Å². The summed E-state index contributed by atoms with van der Waals surface area (Å²) in [6.07, 6.45) is 9.08. The molecule has 34 heavy (non-hydrogen) atoms. The van der Waals surface area contributed by atoms with Crippen molar-refractivity contribution in [2.24, 2.45) is 11.0 Å². The van der Waals surface area contributed by atoms with Crippen LogP contribution in [-0.2, 0) is 0 Å². The molecule has 6 nitrogen and oxygen atoms in total. The SMILES string of the molecule is CC1CCCC1.COc1cc(/C=N/NC(=O)c2cc(-c3ccc(C)cc3)ccn2)cc(OC)c1. The maximum absolute atomic E-state index is 12.4. The Morgan fingerprint density at radius 1 is 0.971 bits per heavy atom. The van der Waals surface area contributed by atoms with Crippen LogP contribution in [0.3, 0.4) is 0 Å². The topological polar surface area (TPSA) is 72.8 Å². The number of carbonyl (C=O) groups is 1. The van der Waals surface area contributed by atoms with Crippen LogP contribution in [-0.4, -0.2) is 31.3 Å². The van der Waals surface area contributed by atoms with Gasteiger partial charge in [0.2, 0.25) is 0 Å². The molecule has 0 saturated heterocycles. The van der Waals surface area contributed by atoms with Gasteiger partial charge in [-0.05, 0) is 48.2 Å². The first-order chi connectivity index (χ1) is 16.5. The van der Waals surface area contributed by atoms with Gasteiger partial charge >= 0.3 is 0 Å². The number of aryl methyl sites for hydroxylation is 1. The van der Waals surface area contributed by atoms with Crippen molar-refractivity contribution < 1.29 is 14.3 Å². The minimum Gasteiger partial charge on any atom is -0.497 e. The average Bonchev–Trinajstić information content (AvgIpc) is 3.35. The number of benzene rings is 2. The highest BCUT2D eigenvalue weighted by molar-refractivity contribution is 5.94. The second-order valence-electron chi connectivity index (χ2n) is 8.53. The number of rotatable bonds is 6. The van der Waals surface area contributed by atoms with Gasteiger partial charge in [0.25, 0.3) is 5.91 Å². The van der Waals surface area contributed by atoms with Gasteiger partial charge in [0.1, 0.15) is 17.2 Å². The first-order valence-electron chi connectivity index (χ1n) is 11.6. The van der Waals surface area contributed by atoms with Gasteiger partial charge in [0, 0.05) is 17.8 Å². The Balaban J connectivity index is 0.000000469. The molecule has 4 rings (SSSR count). The van der Waals surface area contributed by atoms with Crippen molar-refractivity contribution in [3.63, 3.8) is 0 Å². The Morgan fingerprint density at radius 3 is 2.18 bits per heavy atom. The zero-order valence-electron chi connectivity index (χ0n) is 20.4. The molecule has 1 aliphatic rings. The highest BCUT2D eigenvalue weighted by atomic mass is 16.5. The average molecular weight is 460 g/mol. The van der Waals surface area contributed by atoms with Crippen LogP contribution in [0.1, 0.15) is 54.2 Å². The highest BCUT2D eigenvalue weighted by Gasteiger charge is 2.09. The number of pyridine rings is 1. The molecule has 0 radical (unpaired) electrons. The van der Waals surface area contributed by atoms with E-state index in [1.165, 1.54) is 37.5 Å². The maximum atomic E-state index is 12.4. The zero-order chi connectivity index (χ0) is 24.3. The number of amides is 1. The van der Waals surface area contributed by atoms with E-state index in [1.54, 1.807) is 44.7 Å². The predicted molar refractivity (Wildman–Crippen MR) is 137 cm³/mol. The van der Waals surface area contributed by atoms with Crippen LogP contribution in [0, 0.1) is 12.8 Å². The van der Waals surface area contributed by atoms with Crippen molar-refractivity contribution in [3.8, 4) is 22.6 Å². The van der Waals surface area contributed by atoms with Crippen molar-refractivity contribution in [1.82, 2.24) is 10.4 Å². The molecule has 0 bridgehead atoms. The number of aromatic nitrogens is 1. The molecule has 0 atom stereocenters. The Bertz CT molecular complexity index is 1080. The van der Waals surface area contributed by atoms with Crippen LogP contribution in [0.2, 0.25) is 0 Å². The molecule has 1 amide bonds. The number of hydrogen-bond acceptors (Lipinski definition) is 5. The summed E-state index contributed by atoms with van der Waals surface area (Å²) in [4.78, 5) is 16.5. The van der Waals surface area contributed by atoms with Crippen LogP contribution in [0.25, 0.3) is 11.1 Å². The fourth-order valence-electron chi connectivity index (χ4n) is 3.74. The number of ether oxygens (including phenoxy) is 2. The van der Waals surface area contributed by atoms with Gasteiger partial charge in [0.15, 0.2) is 0 Å². The zero-order valence-corrected chi connectivity index (χ0v) is 20.4. The van der Waals surface area contributed by atoms with Crippen LogP contribution >= 0.6 is 0 Å². The molecule has 0 aliphatic heterocycles. The largest absolute Gasteiger partial charge is 0.497 e. The predicted octanol–water partition coefficient (Wildman–Crippen LogP) is 6.03. The van der Waals surface area contributed by atoms with E-state index in [9.17, 15) is 4.79 Å². The van der Waals surface area contributed by atoms with Gasteiger partial charge in [-0.25, -0.2) is 5.43 Å². The number of nitrogens with zero attached hydrogens (tertiary/aromatic N) is 2. The second-order valence-corrected chi connectivity index (χ2v) is 8.53. The summed E-state index contributed by atoms with van der Waals surface area (Å²) in [5, 5.41) is 4.01. The third-order valence-electron chi connectivity index (χ3n) is 5.77. The van der Waals surface area contributed by atoms with Gasteiger partial charge in [-0.2, -0.15) is 5.10 Å². The molecular formula is C28H33N3O3. The van der Waals surface area contributed by atoms with Crippen molar-refractivity contribution in [3.05, 3.63) is 77.6 Å². The summed E-state index contributed by atoms with van der Waals surface area (Å²) in [6.45, 7) is 4.37. The van der Waals surface area contributed by atoms with E-state index in [0.717, 1.165) is 22.6 Å². The Morgan fingerprint density at radius 2 is 1.62 bits per heavy atom. The molecular weight excluding hydrogens is 426 g/mol. The first kappa shape index (κ1) is 25.0. The lowest BCUT2D eigenvalue weighted by atomic mass is 10.0. The van der Waals surface area contributed by atoms with E-state index in [-0.39, 0.29) is 5.91 Å². The van der Waals surface area contributed by atoms with Crippen molar-refractivity contribution in [2.75, 3.05) is 14.2 Å². The second kappa shape index (κ2) is 12.5. The van der Waals surface area contributed by atoms with Gasteiger partial charge in [-0.1, -0.05) is 62.4 Å². The number of hydrogen-bond donors (Lipinski definition) is 1. The molecule has 178 valence electrons. The number of methoxy groups -OCH3 is 2. The minimum absolute atomic E-state index is 0.290. The molecule has 1 fully saturated rings. The Kier molecular flexibility index (Phi) is 9.21. The summed E-state index contributed by atoms with van der Waals surface area (Å²) in [5.74, 6) is 1.93. The van der Waals surface area contributed by atoms with E-state index < -0.39 is 0 Å². The summed E-state index contributed by atoms with van der Waals surface area (Å²) in [5.41, 5.74) is 6.64. The summed E-state index contributed by atoms with van der Waals surface area (Å²) in [6, 6.07) is 17.0. The lowest BCUT2D eigenvalue weighted by Gasteiger charge is -2.06. The van der Waals surface area contributed by atoms with E-state index in [4.69, 9.17) is 9.47 Å². The normalized spacial score (nSPS) is 13.3. The smallest absolute Gasteiger partial charge is 0.289 e. The number of nitrogens with one attached hydrogen (secondary N) is 1. The van der Waals surface area contributed by atoms with Gasteiger partial charge < -0.3 is 9.47 Å². The third kappa shape index (κ3) is 7.44. The van der Waals surface area contributed by atoms with Crippen LogP contribution in [0.4, 0.5) is 0 Å². The molecule has 1 saturated carbocycles. The molecule has 1 heterocycles. The fraction of sp³-hybridized carbons (Fsp3) is 0.321. The summed E-state index contributed by atoms with van der Waals surface area (Å²) >= 11 is 0. The van der Waals surface area contributed by atoms with Crippen molar-refractivity contribution >= 4 is 12.1 Å². The molecule has 0 unspecified atom stereocenters. The van der Waals surface area contributed by atoms with Crippen molar-refractivity contribution in [2.45, 2.75) is 39.5 Å². The molecule has 3 aromatic rings. The van der Waals surface area contributed by atoms with Gasteiger partial charge in [0.05, 0.1) is 20.4 Å². The van der Waals surface area contributed by atoms with Gasteiger partial charge in [-0.15, -0.1) is 0 Å². The Labute approximate surface area is 202 Å². The summed E-state index contributed by atoms with van der Waals surface area (Å²) in [7, 11) is 3.15. The molecule has 6 heteroatoms. The lowest BCUT2D eigenvalue weighted by molar-refractivity contribution is 0.0950. The van der Waals surface area contributed by atoms with E-state index in [2.05, 4.69) is 22.4 Å². The fourth-order valence-corrected chi connectivity index (χ4v) is 3.74. The van der Waals surface area contributed by atoms with Crippen molar-refractivity contribution in [1.29, 1.82) is 0 Å².